The minimum absolute atomic E-state index is 0.0333. The van der Waals surface area contributed by atoms with E-state index in [-0.39, 0.29) is 12.3 Å². The van der Waals surface area contributed by atoms with Crippen LogP contribution in [0.4, 0.5) is 10.2 Å². The number of hydrogen-bond acceptors (Lipinski definition) is 8. The monoisotopic (exact) mass is 523 g/mol. The Morgan fingerprint density at radius 2 is 1.97 bits per heavy atom. The fourth-order valence-electron chi connectivity index (χ4n) is 4.63. The van der Waals surface area contributed by atoms with Crippen molar-refractivity contribution < 1.29 is 9.18 Å². The SMILES string of the molecule is CN=CC(=CN)c1cc(-c2ccc(N3CCN(C(=O)Cc4ccc(F)cn4)CC3)nc2)c2c(C#N)cnn2c1. The average molecular weight is 524 g/mol. The molecule has 4 aromatic heterocycles. The van der Waals surface area contributed by atoms with Crippen molar-refractivity contribution in [3.63, 3.8) is 0 Å². The third-order valence-electron chi connectivity index (χ3n) is 6.65. The Balaban J connectivity index is 1.33. The Labute approximate surface area is 224 Å². The zero-order valence-electron chi connectivity index (χ0n) is 21.3. The van der Waals surface area contributed by atoms with Gasteiger partial charge in [0.05, 0.1) is 29.9 Å². The first-order valence-corrected chi connectivity index (χ1v) is 12.4. The van der Waals surface area contributed by atoms with E-state index < -0.39 is 5.82 Å². The largest absolute Gasteiger partial charge is 0.404 e. The molecule has 1 fully saturated rings. The molecule has 5 rings (SSSR count). The van der Waals surface area contributed by atoms with Gasteiger partial charge in [0.25, 0.3) is 0 Å². The summed E-state index contributed by atoms with van der Waals surface area (Å²) < 4.78 is 14.8. The summed E-state index contributed by atoms with van der Waals surface area (Å²) in [5.74, 6) is 0.344. The molecule has 39 heavy (non-hydrogen) atoms. The molecule has 1 saturated heterocycles. The number of aliphatic imine (C=N–C) groups is 1. The highest BCUT2D eigenvalue weighted by atomic mass is 19.1. The molecule has 1 amide bonds. The number of hydrogen-bond donors (Lipinski definition) is 1. The molecule has 1 aliphatic heterocycles. The molecule has 5 heterocycles. The number of anilines is 1. The first-order chi connectivity index (χ1) is 19.0. The van der Waals surface area contributed by atoms with Crippen molar-refractivity contribution in [2.45, 2.75) is 6.42 Å². The number of aromatic nitrogens is 4. The number of nitrogens with two attached hydrogens (primary N) is 1. The van der Waals surface area contributed by atoms with Gasteiger partial charge in [-0.05, 0) is 30.3 Å². The summed E-state index contributed by atoms with van der Waals surface area (Å²) in [6, 6.07) is 10.9. The summed E-state index contributed by atoms with van der Waals surface area (Å²) in [5.41, 5.74) is 10.7. The zero-order chi connectivity index (χ0) is 27.4. The van der Waals surface area contributed by atoms with Gasteiger partial charge in [0, 0.05) is 86.0 Å². The molecule has 0 saturated carbocycles. The first kappa shape index (κ1) is 25.5. The number of nitriles is 1. The van der Waals surface area contributed by atoms with Crippen molar-refractivity contribution in [2.75, 3.05) is 38.1 Å². The second-order valence-corrected chi connectivity index (χ2v) is 9.03. The van der Waals surface area contributed by atoms with E-state index in [0.29, 0.717) is 43.0 Å². The van der Waals surface area contributed by atoms with Gasteiger partial charge in [0.2, 0.25) is 5.91 Å². The Morgan fingerprint density at radius 1 is 1.15 bits per heavy atom. The number of nitrogens with zero attached hydrogens (tertiary/aromatic N) is 8. The number of rotatable bonds is 6. The molecule has 11 heteroatoms. The van der Waals surface area contributed by atoms with E-state index in [1.807, 2.05) is 24.4 Å². The molecule has 4 aromatic rings. The van der Waals surface area contributed by atoms with Crippen LogP contribution in [0.3, 0.4) is 0 Å². The fraction of sp³-hybridized carbons (Fsp3) is 0.214. The summed E-state index contributed by atoms with van der Waals surface area (Å²) in [5, 5.41) is 14.0. The topological polar surface area (TPSA) is 129 Å². The summed E-state index contributed by atoms with van der Waals surface area (Å²) in [4.78, 5) is 29.4. The van der Waals surface area contributed by atoms with Crippen molar-refractivity contribution >= 4 is 29.0 Å². The molecule has 0 bridgehead atoms. The number of carbonyl (C=O) groups is 1. The van der Waals surface area contributed by atoms with E-state index in [9.17, 15) is 14.4 Å². The molecule has 0 radical (unpaired) electrons. The summed E-state index contributed by atoms with van der Waals surface area (Å²) >= 11 is 0. The van der Waals surface area contributed by atoms with E-state index >= 15 is 0 Å². The molecular weight excluding hydrogens is 497 g/mol. The molecule has 0 aliphatic carbocycles. The Kier molecular flexibility index (Phi) is 7.27. The van der Waals surface area contributed by atoms with E-state index in [0.717, 1.165) is 34.3 Å². The van der Waals surface area contributed by atoms with E-state index in [1.54, 1.807) is 28.9 Å². The van der Waals surface area contributed by atoms with Crippen molar-refractivity contribution in [3.05, 3.63) is 84.0 Å². The summed E-state index contributed by atoms with van der Waals surface area (Å²) in [6.07, 6.45) is 9.55. The van der Waals surface area contributed by atoms with Crippen LogP contribution < -0.4 is 10.6 Å². The minimum atomic E-state index is -0.422. The average Bonchev–Trinajstić information content (AvgIpc) is 3.40. The van der Waals surface area contributed by atoms with Crippen LogP contribution in [0, 0.1) is 17.1 Å². The molecule has 1 aliphatic rings. The van der Waals surface area contributed by atoms with Crippen molar-refractivity contribution in [1.29, 1.82) is 5.26 Å². The normalized spacial score (nSPS) is 14.2. The Hall–Kier alpha value is -5.11. The molecule has 0 spiro atoms. The van der Waals surface area contributed by atoms with E-state index in [4.69, 9.17) is 10.7 Å². The van der Waals surface area contributed by atoms with Gasteiger partial charge in [-0.1, -0.05) is 0 Å². The van der Waals surface area contributed by atoms with Gasteiger partial charge in [0.15, 0.2) is 0 Å². The lowest BCUT2D eigenvalue weighted by Crippen LogP contribution is -2.49. The highest BCUT2D eigenvalue weighted by Crippen LogP contribution is 2.30. The Bertz CT molecular complexity index is 1590. The molecule has 0 unspecified atom stereocenters. The number of carbonyl (C=O) groups excluding carboxylic acids is 1. The van der Waals surface area contributed by atoms with Gasteiger partial charge in [-0.3, -0.25) is 14.8 Å². The lowest BCUT2D eigenvalue weighted by molar-refractivity contribution is -0.130. The number of halogens is 1. The van der Waals surface area contributed by atoms with Gasteiger partial charge in [-0.2, -0.15) is 10.4 Å². The quantitative estimate of drug-likeness (QED) is 0.385. The maximum absolute atomic E-state index is 13.1. The predicted octanol–water partition coefficient (Wildman–Crippen LogP) is 2.69. The van der Waals surface area contributed by atoms with Crippen LogP contribution in [0.2, 0.25) is 0 Å². The van der Waals surface area contributed by atoms with Crippen LogP contribution in [0.25, 0.3) is 22.2 Å². The van der Waals surface area contributed by atoms with Crippen LogP contribution in [0.15, 0.2) is 66.3 Å². The number of fused-ring (bicyclic) bond motifs is 1. The van der Waals surface area contributed by atoms with Crippen LogP contribution in [0.5, 0.6) is 0 Å². The molecule has 2 N–H and O–H groups in total. The van der Waals surface area contributed by atoms with Crippen LogP contribution in [-0.2, 0) is 11.2 Å². The van der Waals surface area contributed by atoms with Crippen molar-refractivity contribution in [2.24, 2.45) is 10.7 Å². The number of piperazine rings is 1. The van der Waals surface area contributed by atoms with Crippen LogP contribution in [0.1, 0.15) is 16.8 Å². The number of allylic oxidation sites excluding steroid dienone is 1. The van der Waals surface area contributed by atoms with Crippen molar-refractivity contribution in [1.82, 2.24) is 24.5 Å². The minimum Gasteiger partial charge on any atom is -0.404 e. The first-order valence-electron chi connectivity index (χ1n) is 12.4. The standard InChI is InChI=1S/C28H26FN9O/c1-32-14-21(12-30)20-10-25(28-22(13-31)16-35-38(28)18-20)19-2-5-26(34-15-19)36-6-8-37(9-7-36)27(39)11-24-4-3-23(29)17-33-24/h2-5,10,12,14-18H,6-9,11,30H2,1H3. The van der Waals surface area contributed by atoms with E-state index in [1.165, 1.54) is 24.5 Å². The maximum atomic E-state index is 13.1. The van der Waals surface area contributed by atoms with Crippen LogP contribution >= 0.6 is 0 Å². The maximum Gasteiger partial charge on any atom is 0.228 e. The third-order valence-corrected chi connectivity index (χ3v) is 6.65. The Morgan fingerprint density at radius 3 is 2.62 bits per heavy atom. The molecule has 0 aromatic carbocycles. The second-order valence-electron chi connectivity index (χ2n) is 9.03. The van der Waals surface area contributed by atoms with E-state index in [2.05, 4.69) is 26.0 Å². The smallest absolute Gasteiger partial charge is 0.228 e. The fourth-order valence-corrected chi connectivity index (χ4v) is 4.63. The summed E-state index contributed by atoms with van der Waals surface area (Å²) in [7, 11) is 1.67. The highest BCUT2D eigenvalue weighted by molar-refractivity contribution is 6.10. The third kappa shape index (κ3) is 5.31. The lowest BCUT2D eigenvalue weighted by atomic mass is 10.0. The second kappa shape index (κ2) is 11.1. The zero-order valence-corrected chi connectivity index (χ0v) is 21.3. The lowest BCUT2D eigenvalue weighted by Gasteiger charge is -2.35. The molecule has 10 nitrogen and oxygen atoms in total. The van der Waals surface area contributed by atoms with Gasteiger partial charge in [0.1, 0.15) is 17.7 Å². The molecule has 196 valence electrons. The highest BCUT2D eigenvalue weighted by Gasteiger charge is 2.23. The van der Waals surface area contributed by atoms with Gasteiger partial charge >= 0.3 is 0 Å². The van der Waals surface area contributed by atoms with Gasteiger partial charge in [-0.15, -0.1) is 0 Å². The molecule has 0 atom stereocenters. The van der Waals surface area contributed by atoms with Gasteiger partial charge < -0.3 is 15.5 Å². The summed E-state index contributed by atoms with van der Waals surface area (Å²) in [6.45, 7) is 2.38. The van der Waals surface area contributed by atoms with Gasteiger partial charge in [-0.25, -0.2) is 13.9 Å². The van der Waals surface area contributed by atoms with Crippen LogP contribution in [-0.4, -0.2) is 69.8 Å². The number of pyridine rings is 3. The molecular formula is C28H26FN9O. The predicted molar refractivity (Wildman–Crippen MR) is 146 cm³/mol. The van der Waals surface area contributed by atoms with Crippen molar-refractivity contribution in [3.8, 4) is 17.2 Å². The number of amides is 1.